The first-order valence-corrected chi connectivity index (χ1v) is 9.13. The number of aryl methyl sites for hydroxylation is 2. The van der Waals surface area contributed by atoms with Gasteiger partial charge in [0.15, 0.2) is 6.61 Å². The summed E-state index contributed by atoms with van der Waals surface area (Å²) in [7, 11) is 0. The lowest BCUT2D eigenvalue weighted by Gasteiger charge is -2.10. The van der Waals surface area contributed by atoms with Crippen molar-refractivity contribution in [2.24, 2.45) is 0 Å². The van der Waals surface area contributed by atoms with Crippen LogP contribution in [0.15, 0.2) is 73.1 Å². The molecule has 0 atom stereocenters. The molecule has 0 aliphatic carbocycles. The molecule has 0 aliphatic heterocycles. The molecule has 1 N–H and O–H groups in total. The third-order valence-electron chi connectivity index (χ3n) is 4.55. The molecule has 2 heterocycles. The smallest absolute Gasteiger partial charge is 0.262 e. The maximum Gasteiger partial charge on any atom is 0.262 e. The van der Waals surface area contributed by atoms with Gasteiger partial charge >= 0.3 is 0 Å². The summed E-state index contributed by atoms with van der Waals surface area (Å²) in [6.07, 6.45) is 3.94. The van der Waals surface area contributed by atoms with E-state index in [-0.39, 0.29) is 12.5 Å². The van der Waals surface area contributed by atoms with E-state index in [2.05, 4.69) is 5.32 Å². The van der Waals surface area contributed by atoms with Crippen LogP contribution in [0.4, 0.5) is 5.69 Å². The summed E-state index contributed by atoms with van der Waals surface area (Å²) in [6.45, 7) is 3.98. The third-order valence-corrected chi connectivity index (χ3v) is 4.55. The second kappa shape index (κ2) is 7.56. The van der Waals surface area contributed by atoms with Gasteiger partial charge in [0.05, 0.1) is 11.4 Å². The second-order valence-electron chi connectivity index (χ2n) is 6.74. The highest BCUT2D eigenvalue weighted by atomic mass is 16.5. The summed E-state index contributed by atoms with van der Waals surface area (Å²) in [5.41, 5.74) is 5.54. The molecule has 140 valence electrons. The minimum atomic E-state index is -0.215. The number of rotatable bonds is 5. The molecule has 0 saturated carbocycles. The van der Waals surface area contributed by atoms with E-state index < -0.39 is 0 Å². The van der Waals surface area contributed by atoms with E-state index in [4.69, 9.17) is 9.72 Å². The summed E-state index contributed by atoms with van der Waals surface area (Å²) in [5, 5.41) is 2.94. The van der Waals surface area contributed by atoms with Gasteiger partial charge in [-0.3, -0.25) is 4.79 Å². The number of pyridine rings is 1. The van der Waals surface area contributed by atoms with Crippen LogP contribution in [-0.4, -0.2) is 21.9 Å². The van der Waals surface area contributed by atoms with Gasteiger partial charge in [0.25, 0.3) is 5.91 Å². The SMILES string of the molecule is Cc1ccc(OCC(=O)Nc2ccccc2-c2cn3cccc(C)c3n2)cc1. The molecule has 0 fully saturated rings. The molecule has 0 radical (unpaired) electrons. The fourth-order valence-electron chi connectivity index (χ4n) is 3.07. The lowest BCUT2D eigenvalue weighted by Crippen LogP contribution is -2.20. The van der Waals surface area contributed by atoms with Crippen LogP contribution in [0.1, 0.15) is 11.1 Å². The fourth-order valence-corrected chi connectivity index (χ4v) is 3.07. The molecule has 4 rings (SSSR count). The molecule has 0 unspecified atom stereocenters. The Morgan fingerprint density at radius 3 is 2.61 bits per heavy atom. The first kappa shape index (κ1) is 17.8. The molecule has 0 aliphatic rings. The number of carbonyl (C=O) groups excluding carboxylic acids is 1. The Hall–Kier alpha value is -3.60. The zero-order chi connectivity index (χ0) is 19.5. The van der Waals surface area contributed by atoms with Crippen LogP contribution >= 0.6 is 0 Å². The number of hydrogen-bond acceptors (Lipinski definition) is 3. The topological polar surface area (TPSA) is 55.6 Å². The van der Waals surface area contributed by atoms with Gasteiger partial charge in [0.1, 0.15) is 11.4 Å². The quantitative estimate of drug-likeness (QED) is 0.556. The van der Waals surface area contributed by atoms with Gasteiger partial charge in [-0.05, 0) is 43.7 Å². The van der Waals surface area contributed by atoms with Crippen LogP contribution in [0.2, 0.25) is 0 Å². The standard InChI is InChI=1S/C23H21N3O2/c1-16-9-11-18(12-10-16)28-15-22(27)24-20-8-4-3-7-19(20)21-14-26-13-5-6-17(2)23(26)25-21/h3-14H,15H2,1-2H3,(H,24,27). The number of imidazole rings is 1. The van der Waals surface area contributed by atoms with E-state index in [1.807, 2.05) is 91.3 Å². The van der Waals surface area contributed by atoms with Crippen LogP contribution in [0.3, 0.4) is 0 Å². The Kier molecular flexibility index (Phi) is 4.81. The van der Waals surface area contributed by atoms with Crippen molar-refractivity contribution in [3.05, 3.63) is 84.2 Å². The maximum absolute atomic E-state index is 12.4. The normalized spacial score (nSPS) is 10.8. The van der Waals surface area contributed by atoms with Crippen molar-refractivity contribution in [2.45, 2.75) is 13.8 Å². The van der Waals surface area contributed by atoms with E-state index in [1.54, 1.807) is 0 Å². The first-order chi connectivity index (χ1) is 13.6. The highest BCUT2D eigenvalue weighted by Gasteiger charge is 2.12. The summed E-state index contributed by atoms with van der Waals surface area (Å²) in [6, 6.07) is 19.3. The Bertz CT molecular complexity index is 1130. The summed E-state index contributed by atoms with van der Waals surface area (Å²) >= 11 is 0. The second-order valence-corrected chi connectivity index (χ2v) is 6.74. The number of carbonyl (C=O) groups is 1. The lowest BCUT2D eigenvalue weighted by atomic mass is 10.1. The number of ether oxygens (including phenoxy) is 1. The average molecular weight is 371 g/mol. The Labute approximate surface area is 163 Å². The van der Waals surface area contributed by atoms with Crippen LogP contribution < -0.4 is 10.1 Å². The molecular formula is C23H21N3O2. The van der Waals surface area contributed by atoms with Gasteiger partial charge in [-0.15, -0.1) is 0 Å². The van der Waals surface area contributed by atoms with Crippen molar-refractivity contribution in [3.8, 4) is 17.0 Å². The van der Waals surface area contributed by atoms with Crippen molar-refractivity contribution in [3.63, 3.8) is 0 Å². The van der Waals surface area contributed by atoms with Crippen molar-refractivity contribution in [2.75, 3.05) is 11.9 Å². The largest absolute Gasteiger partial charge is 0.484 e. The number of benzene rings is 2. The van der Waals surface area contributed by atoms with E-state index in [9.17, 15) is 4.79 Å². The lowest BCUT2D eigenvalue weighted by molar-refractivity contribution is -0.118. The number of anilines is 1. The van der Waals surface area contributed by atoms with Gasteiger partial charge in [-0.2, -0.15) is 0 Å². The van der Waals surface area contributed by atoms with Gasteiger partial charge in [0.2, 0.25) is 0 Å². The van der Waals surface area contributed by atoms with E-state index in [0.29, 0.717) is 11.4 Å². The molecule has 0 spiro atoms. The minimum Gasteiger partial charge on any atom is -0.484 e. The Morgan fingerprint density at radius 1 is 1.04 bits per heavy atom. The Balaban J connectivity index is 1.53. The van der Waals surface area contributed by atoms with Crippen LogP contribution in [0.25, 0.3) is 16.9 Å². The van der Waals surface area contributed by atoms with E-state index in [1.165, 1.54) is 0 Å². The molecule has 2 aromatic heterocycles. The zero-order valence-corrected chi connectivity index (χ0v) is 15.8. The number of nitrogens with one attached hydrogen (secondary N) is 1. The van der Waals surface area contributed by atoms with Gasteiger partial charge in [-0.25, -0.2) is 4.98 Å². The Morgan fingerprint density at radius 2 is 1.82 bits per heavy atom. The zero-order valence-electron chi connectivity index (χ0n) is 15.8. The molecule has 5 heteroatoms. The molecule has 2 aromatic carbocycles. The number of para-hydroxylation sites is 1. The number of fused-ring (bicyclic) bond motifs is 1. The minimum absolute atomic E-state index is 0.0539. The van der Waals surface area contributed by atoms with Crippen LogP contribution in [-0.2, 0) is 4.79 Å². The molecule has 28 heavy (non-hydrogen) atoms. The molecule has 4 aromatic rings. The number of nitrogens with zero attached hydrogens (tertiary/aromatic N) is 2. The summed E-state index contributed by atoms with van der Waals surface area (Å²) in [5.74, 6) is 0.456. The first-order valence-electron chi connectivity index (χ1n) is 9.13. The van der Waals surface area contributed by atoms with Crippen molar-refractivity contribution in [1.29, 1.82) is 0 Å². The molecule has 0 bridgehead atoms. The summed E-state index contributed by atoms with van der Waals surface area (Å²) < 4.78 is 7.56. The monoisotopic (exact) mass is 371 g/mol. The highest BCUT2D eigenvalue weighted by Crippen LogP contribution is 2.28. The number of aromatic nitrogens is 2. The third kappa shape index (κ3) is 3.74. The van der Waals surface area contributed by atoms with E-state index in [0.717, 1.165) is 28.0 Å². The van der Waals surface area contributed by atoms with Gasteiger partial charge in [-0.1, -0.05) is 42.0 Å². The van der Waals surface area contributed by atoms with Crippen molar-refractivity contribution < 1.29 is 9.53 Å². The van der Waals surface area contributed by atoms with Crippen LogP contribution in [0.5, 0.6) is 5.75 Å². The van der Waals surface area contributed by atoms with Crippen molar-refractivity contribution in [1.82, 2.24) is 9.38 Å². The molecule has 5 nitrogen and oxygen atoms in total. The average Bonchev–Trinajstić information content (AvgIpc) is 3.13. The highest BCUT2D eigenvalue weighted by molar-refractivity contribution is 5.96. The maximum atomic E-state index is 12.4. The van der Waals surface area contributed by atoms with Crippen LogP contribution in [0, 0.1) is 13.8 Å². The molecule has 1 amide bonds. The van der Waals surface area contributed by atoms with Gasteiger partial charge in [0, 0.05) is 18.0 Å². The number of hydrogen-bond donors (Lipinski definition) is 1. The predicted octanol–water partition coefficient (Wildman–Crippen LogP) is 4.64. The van der Waals surface area contributed by atoms with E-state index >= 15 is 0 Å². The summed E-state index contributed by atoms with van der Waals surface area (Å²) in [4.78, 5) is 17.1. The predicted molar refractivity (Wildman–Crippen MR) is 111 cm³/mol. The van der Waals surface area contributed by atoms with Gasteiger partial charge < -0.3 is 14.5 Å². The number of amides is 1. The van der Waals surface area contributed by atoms with Crippen molar-refractivity contribution >= 4 is 17.2 Å². The molecule has 0 saturated heterocycles. The molecular weight excluding hydrogens is 350 g/mol. The fraction of sp³-hybridized carbons (Fsp3) is 0.130.